The van der Waals surface area contributed by atoms with Crippen LogP contribution in [0.15, 0.2) is 48.5 Å². The Morgan fingerprint density at radius 1 is 1.00 bits per heavy atom. The van der Waals surface area contributed by atoms with Crippen molar-refractivity contribution < 1.29 is 4.39 Å². The molecule has 0 unspecified atom stereocenters. The van der Waals surface area contributed by atoms with Gasteiger partial charge in [0.2, 0.25) is 0 Å². The van der Waals surface area contributed by atoms with Crippen LogP contribution in [-0.4, -0.2) is 0 Å². The molecule has 0 aliphatic carbocycles. The maximum atomic E-state index is 13.6. The van der Waals surface area contributed by atoms with Gasteiger partial charge in [0, 0.05) is 5.56 Å². The van der Waals surface area contributed by atoms with E-state index in [4.69, 9.17) is 5.26 Å². The van der Waals surface area contributed by atoms with Crippen LogP contribution in [0.25, 0.3) is 11.1 Å². The number of benzene rings is 2. The lowest BCUT2D eigenvalue weighted by Gasteiger charge is -2.03. The van der Waals surface area contributed by atoms with Crippen LogP contribution in [0.3, 0.4) is 0 Å². The highest BCUT2D eigenvalue weighted by Crippen LogP contribution is 2.21. The zero-order valence-corrected chi connectivity index (χ0v) is 8.65. The number of halogens is 1. The second-order valence-corrected chi connectivity index (χ2v) is 3.51. The summed E-state index contributed by atoms with van der Waals surface area (Å²) in [6.07, 6.45) is 0.112. The lowest BCUT2D eigenvalue weighted by atomic mass is 10.0. The van der Waals surface area contributed by atoms with Crippen LogP contribution < -0.4 is 0 Å². The van der Waals surface area contributed by atoms with Crippen molar-refractivity contribution >= 4 is 0 Å². The molecule has 16 heavy (non-hydrogen) atoms. The van der Waals surface area contributed by atoms with Gasteiger partial charge in [0.1, 0.15) is 5.82 Å². The molecule has 0 amide bonds. The highest BCUT2D eigenvalue weighted by Gasteiger charge is 2.04. The van der Waals surface area contributed by atoms with Gasteiger partial charge < -0.3 is 0 Å². The molecule has 0 radical (unpaired) electrons. The van der Waals surface area contributed by atoms with Crippen molar-refractivity contribution in [1.29, 1.82) is 5.26 Å². The van der Waals surface area contributed by atoms with Crippen LogP contribution in [-0.2, 0) is 6.42 Å². The van der Waals surface area contributed by atoms with Gasteiger partial charge in [-0.15, -0.1) is 0 Å². The summed E-state index contributed by atoms with van der Waals surface area (Å²) >= 11 is 0. The minimum Gasteiger partial charge on any atom is -0.207 e. The van der Waals surface area contributed by atoms with Gasteiger partial charge in [-0.2, -0.15) is 5.26 Å². The zero-order chi connectivity index (χ0) is 11.4. The summed E-state index contributed by atoms with van der Waals surface area (Å²) in [5, 5.41) is 8.51. The van der Waals surface area contributed by atoms with E-state index in [1.54, 1.807) is 6.07 Å². The van der Waals surface area contributed by atoms with Crippen molar-refractivity contribution in [1.82, 2.24) is 0 Å². The molecule has 0 aromatic heterocycles. The number of nitriles is 1. The Hall–Kier alpha value is -2.14. The normalized spacial score (nSPS) is 9.75. The molecule has 0 heterocycles. The minimum absolute atomic E-state index is 0.112. The molecular weight excluding hydrogens is 201 g/mol. The lowest BCUT2D eigenvalue weighted by molar-refractivity contribution is 0.616. The molecule has 0 aliphatic heterocycles. The van der Waals surface area contributed by atoms with Crippen LogP contribution in [0.1, 0.15) is 5.56 Å². The zero-order valence-electron chi connectivity index (χ0n) is 8.65. The molecule has 0 bridgehead atoms. The molecule has 0 saturated heterocycles. The molecular formula is C14H10FN. The molecule has 2 heteroatoms. The molecule has 2 rings (SSSR count). The Morgan fingerprint density at radius 3 is 2.38 bits per heavy atom. The smallest absolute Gasteiger partial charge is 0.128 e. The van der Waals surface area contributed by atoms with Crippen molar-refractivity contribution in [3.05, 3.63) is 59.9 Å². The van der Waals surface area contributed by atoms with Crippen molar-refractivity contribution in [2.45, 2.75) is 6.42 Å². The van der Waals surface area contributed by atoms with Crippen LogP contribution in [0.5, 0.6) is 0 Å². The first-order chi connectivity index (χ1) is 7.81. The van der Waals surface area contributed by atoms with E-state index in [9.17, 15) is 4.39 Å². The molecule has 0 saturated carbocycles. The van der Waals surface area contributed by atoms with Crippen LogP contribution >= 0.6 is 0 Å². The van der Waals surface area contributed by atoms with Gasteiger partial charge in [0.25, 0.3) is 0 Å². The summed E-state index contributed by atoms with van der Waals surface area (Å²) in [6.45, 7) is 0. The standard InChI is InChI=1S/C14H10FN/c15-14-10-13(7-6-12(14)8-9-16)11-4-2-1-3-5-11/h1-7,10H,8H2. The number of rotatable bonds is 2. The van der Waals surface area contributed by atoms with Crippen LogP contribution in [0.2, 0.25) is 0 Å². The Morgan fingerprint density at radius 2 is 1.75 bits per heavy atom. The predicted molar refractivity (Wildman–Crippen MR) is 61.2 cm³/mol. The molecule has 1 nitrogen and oxygen atoms in total. The average molecular weight is 211 g/mol. The lowest BCUT2D eigenvalue weighted by Crippen LogP contribution is -1.89. The van der Waals surface area contributed by atoms with Gasteiger partial charge in [-0.25, -0.2) is 4.39 Å². The number of hydrogen-bond acceptors (Lipinski definition) is 1. The van der Waals surface area contributed by atoms with E-state index in [-0.39, 0.29) is 12.2 Å². The first kappa shape index (κ1) is 10.4. The number of nitrogens with zero attached hydrogens (tertiary/aromatic N) is 1. The molecule has 78 valence electrons. The van der Waals surface area contributed by atoms with Crippen molar-refractivity contribution in [2.75, 3.05) is 0 Å². The van der Waals surface area contributed by atoms with E-state index in [0.717, 1.165) is 11.1 Å². The summed E-state index contributed by atoms with van der Waals surface area (Å²) in [5.74, 6) is -0.317. The minimum atomic E-state index is -0.317. The van der Waals surface area contributed by atoms with E-state index in [0.29, 0.717) is 5.56 Å². The fourth-order valence-electron chi connectivity index (χ4n) is 1.59. The Bertz CT molecular complexity index is 526. The average Bonchev–Trinajstić information content (AvgIpc) is 2.33. The maximum Gasteiger partial charge on any atom is 0.128 e. The Balaban J connectivity index is 2.39. The molecule has 0 aliphatic rings. The fraction of sp³-hybridized carbons (Fsp3) is 0.0714. The SMILES string of the molecule is N#CCc1ccc(-c2ccccc2)cc1F. The highest BCUT2D eigenvalue weighted by atomic mass is 19.1. The highest BCUT2D eigenvalue weighted by molar-refractivity contribution is 5.63. The summed E-state index contributed by atoms with van der Waals surface area (Å²) in [4.78, 5) is 0. The summed E-state index contributed by atoms with van der Waals surface area (Å²) < 4.78 is 13.6. The van der Waals surface area contributed by atoms with Gasteiger partial charge >= 0.3 is 0 Å². The van der Waals surface area contributed by atoms with Crippen molar-refractivity contribution in [3.63, 3.8) is 0 Å². The first-order valence-corrected chi connectivity index (χ1v) is 5.02. The van der Waals surface area contributed by atoms with E-state index >= 15 is 0 Å². The molecule has 2 aromatic carbocycles. The van der Waals surface area contributed by atoms with Gasteiger partial charge in [-0.3, -0.25) is 0 Å². The van der Waals surface area contributed by atoms with E-state index in [2.05, 4.69) is 0 Å². The van der Waals surface area contributed by atoms with Crippen LogP contribution in [0, 0.1) is 17.1 Å². The molecule has 2 aromatic rings. The third kappa shape index (κ3) is 2.09. The Labute approximate surface area is 93.8 Å². The molecule has 0 atom stereocenters. The van der Waals surface area contributed by atoms with Crippen molar-refractivity contribution in [2.24, 2.45) is 0 Å². The van der Waals surface area contributed by atoms with E-state index in [1.807, 2.05) is 42.5 Å². The summed E-state index contributed by atoms with van der Waals surface area (Å²) in [6, 6.07) is 16.5. The predicted octanol–water partition coefficient (Wildman–Crippen LogP) is 3.56. The maximum absolute atomic E-state index is 13.6. The third-order valence-corrected chi connectivity index (χ3v) is 2.43. The second-order valence-electron chi connectivity index (χ2n) is 3.51. The van der Waals surface area contributed by atoms with Crippen LogP contribution in [0.4, 0.5) is 4.39 Å². The largest absolute Gasteiger partial charge is 0.207 e. The quantitative estimate of drug-likeness (QED) is 0.745. The molecule has 0 N–H and O–H groups in total. The molecule has 0 spiro atoms. The van der Waals surface area contributed by atoms with Gasteiger partial charge in [-0.1, -0.05) is 42.5 Å². The molecule has 0 fully saturated rings. The first-order valence-electron chi connectivity index (χ1n) is 5.02. The number of hydrogen-bond donors (Lipinski definition) is 0. The van der Waals surface area contributed by atoms with Crippen molar-refractivity contribution in [3.8, 4) is 17.2 Å². The van der Waals surface area contributed by atoms with E-state index < -0.39 is 0 Å². The Kier molecular flexibility index (Phi) is 2.98. The van der Waals surface area contributed by atoms with Gasteiger partial charge in [0.05, 0.1) is 12.5 Å². The topological polar surface area (TPSA) is 23.8 Å². The fourth-order valence-corrected chi connectivity index (χ4v) is 1.59. The van der Waals surface area contributed by atoms with Gasteiger partial charge in [0.15, 0.2) is 0 Å². The summed E-state index contributed by atoms with van der Waals surface area (Å²) in [7, 11) is 0. The summed E-state index contributed by atoms with van der Waals surface area (Å²) in [5.41, 5.74) is 2.26. The third-order valence-electron chi connectivity index (χ3n) is 2.43. The second kappa shape index (κ2) is 4.59. The van der Waals surface area contributed by atoms with Gasteiger partial charge in [-0.05, 0) is 17.2 Å². The van der Waals surface area contributed by atoms with E-state index in [1.165, 1.54) is 6.07 Å². The monoisotopic (exact) mass is 211 g/mol.